The van der Waals surface area contributed by atoms with Gasteiger partial charge in [0.05, 0.1) is 18.2 Å². The van der Waals surface area contributed by atoms with E-state index in [1.54, 1.807) is 0 Å². The molecule has 0 radical (unpaired) electrons. The normalized spacial score (nSPS) is 15.7. The van der Waals surface area contributed by atoms with E-state index >= 15 is 0 Å². The van der Waals surface area contributed by atoms with Gasteiger partial charge in [-0.3, -0.25) is 0 Å². The average Bonchev–Trinajstić information content (AvgIpc) is 3.23. The first-order valence-corrected chi connectivity index (χ1v) is 8.71. The van der Waals surface area contributed by atoms with Gasteiger partial charge in [-0.25, -0.2) is 8.42 Å². The van der Waals surface area contributed by atoms with Crippen LogP contribution in [-0.2, 0) is 21.4 Å². The van der Waals surface area contributed by atoms with Gasteiger partial charge in [-0.1, -0.05) is 23.2 Å². The second-order valence-corrected chi connectivity index (χ2v) is 7.55. The van der Waals surface area contributed by atoms with Crippen LogP contribution in [0.25, 0.3) is 0 Å². The summed E-state index contributed by atoms with van der Waals surface area (Å²) in [7, 11) is -2.21. The van der Waals surface area contributed by atoms with Crippen molar-refractivity contribution in [3.63, 3.8) is 0 Å². The molecule has 0 amide bonds. The van der Waals surface area contributed by atoms with E-state index in [0.717, 1.165) is 12.8 Å². The minimum absolute atomic E-state index is 0.00512. The van der Waals surface area contributed by atoms with Gasteiger partial charge in [-0.2, -0.15) is 4.31 Å². The predicted molar refractivity (Wildman–Crippen MR) is 81.2 cm³/mol. The van der Waals surface area contributed by atoms with E-state index in [9.17, 15) is 13.5 Å². The summed E-state index contributed by atoms with van der Waals surface area (Å²) in [6.07, 6.45) is 1.67. The highest BCUT2D eigenvalue weighted by molar-refractivity contribution is 7.89. The first kappa shape index (κ1) is 17.0. The van der Waals surface area contributed by atoms with Gasteiger partial charge in [0, 0.05) is 24.7 Å². The molecule has 0 bridgehead atoms. The van der Waals surface area contributed by atoms with Crippen LogP contribution in [0.15, 0.2) is 17.0 Å². The van der Waals surface area contributed by atoms with Crippen molar-refractivity contribution in [1.29, 1.82) is 0 Å². The molecule has 0 heterocycles. The van der Waals surface area contributed by atoms with Crippen LogP contribution in [0, 0.1) is 0 Å². The molecule has 1 fully saturated rings. The summed E-state index contributed by atoms with van der Waals surface area (Å²) < 4.78 is 31.9. The van der Waals surface area contributed by atoms with Crippen LogP contribution < -0.4 is 0 Å². The number of benzene rings is 1. The molecular formula is C13H17Cl2NO4S. The molecule has 1 aliphatic carbocycles. The number of methoxy groups -OCH3 is 1. The van der Waals surface area contributed by atoms with Crippen molar-refractivity contribution in [2.24, 2.45) is 0 Å². The van der Waals surface area contributed by atoms with Crippen molar-refractivity contribution < 1.29 is 18.3 Å². The van der Waals surface area contributed by atoms with Gasteiger partial charge in [0.15, 0.2) is 0 Å². The number of ether oxygens (including phenoxy) is 1. The van der Waals surface area contributed by atoms with Crippen LogP contribution in [0.2, 0.25) is 10.0 Å². The summed E-state index contributed by atoms with van der Waals surface area (Å²) in [5.74, 6) is 0. The number of hydrogen-bond acceptors (Lipinski definition) is 4. The minimum atomic E-state index is -3.74. The molecule has 1 aromatic carbocycles. The van der Waals surface area contributed by atoms with Crippen LogP contribution >= 0.6 is 23.2 Å². The zero-order valence-electron chi connectivity index (χ0n) is 11.6. The standard InChI is InChI=1S/C13H17Cl2NO4S/c1-20-5-4-16(10-2-3-10)21(18,19)13-6-9(8-17)11(14)7-12(13)15/h6-7,10,17H,2-5,8H2,1H3. The number of sulfonamides is 1. The summed E-state index contributed by atoms with van der Waals surface area (Å²) >= 11 is 12.0. The number of halogens is 2. The van der Waals surface area contributed by atoms with E-state index in [0.29, 0.717) is 12.2 Å². The number of nitrogens with zero attached hydrogens (tertiary/aromatic N) is 1. The number of aliphatic hydroxyl groups excluding tert-OH is 1. The molecule has 0 spiro atoms. The Hall–Kier alpha value is -0.370. The SMILES string of the molecule is COCCN(C1CC1)S(=O)(=O)c1cc(CO)c(Cl)cc1Cl. The van der Waals surface area contributed by atoms with Gasteiger partial charge < -0.3 is 9.84 Å². The van der Waals surface area contributed by atoms with Gasteiger partial charge in [-0.05, 0) is 30.5 Å². The third kappa shape index (κ3) is 3.70. The van der Waals surface area contributed by atoms with Gasteiger partial charge in [0.25, 0.3) is 0 Å². The van der Waals surface area contributed by atoms with E-state index in [1.807, 2.05) is 0 Å². The highest BCUT2D eigenvalue weighted by atomic mass is 35.5. The molecule has 0 aliphatic heterocycles. The van der Waals surface area contributed by atoms with Crippen LogP contribution in [-0.4, -0.2) is 44.1 Å². The molecule has 2 rings (SSSR count). The van der Waals surface area contributed by atoms with Gasteiger partial charge in [0.2, 0.25) is 10.0 Å². The molecule has 5 nitrogen and oxygen atoms in total. The first-order valence-electron chi connectivity index (χ1n) is 6.51. The van der Waals surface area contributed by atoms with E-state index < -0.39 is 10.0 Å². The van der Waals surface area contributed by atoms with Crippen molar-refractivity contribution in [1.82, 2.24) is 4.31 Å². The first-order chi connectivity index (χ1) is 9.91. The molecule has 0 unspecified atom stereocenters. The Morgan fingerprint density at radius 2 is 2.00 bits per heavy atom. The highest BCUT2D eigenvalue weighted by Crippen LogP contribution is 2.36. The van der Waals surface area contributed by atoms with Crippen molar-refractivity contribution >= 4 is 33.2 Å². The number of rotatable bonds is 7. The monoisotopic (exact) mass is 353 g/mol. The van der Waals surface area contributed by atoms with Gasteiger partial charge in [-0.15, -0.1) is 0 Å². The summed E-state index contributed by atoms with van der Waals surface area (Å²) in [6, 6.07) is 2.68. The molecule has 0 aromatic heterocycles. The maximum atomic E-state index is 12.8. The third-order valence-electron chi connectivity index (χ3n) is 3.33. The largest absolute Gasteiger partial charge is 0.392 e. The topological polar surface area (TPSA) is 66.8 Å². The average molecular weight is 354 g/mol. The molecule has 0 saturated heterocycles. The quantitative estimate of drug-likeness (QED) is 0.816. The van der Waals surface area contributed by atoms with Crippen molar-refractivity contribution in [3.8, 4) is 0 Å². The summed E-state index contributed by atoms with van der Waals surface area (Å²) in [5, 5.41) is 9.55. The third-order valence-corrected chi connectivity index (χ3v) is 6.10. The maximum Gasteiger partial charge on any atom is 0.244 e. The summed E-state index contributed by atoms with van der Waals surface area (Å²) in [4.78, 5) is -0.0272. The highest BCUT2D eigenvalue weighted by Gasteiger charge is 2.38. The van der Waals surface area contributed by atoms with E-state index in [4.69, 9.17) is 27.9 Å². The van der Waals surface area contributed by atoms with E-state index in [2.05, 4.69) is 0 Å². The molecule has 1 N–H and O–H groups in total. The molecule has 8 heteroatoms. The van der Waals surface area contributed by atoms with E-state index in [-0.39, 0.29) is 34.1 Å². The fourth-order valence-electron chi connectivity index (χ4n) is 2.06. The lowest BCUT2D eigenvalue weighted by molar-refractivity contribution is 0.177. The Morgan fingerprint density at radius 3 is 2.52 bits per heavy atom. The smallest absolute Gasteiger partial charge is 0.244 e. The molecule has 1 aliphatic rings. The Kier molecular flexibility index (Phi) is 5.51. The predicted octanol–water partition coefficient (Wildman–Crippen LogP) is 2.29. The maximum absolute atomic E-state index is 12.8. The molecule has 21 heavy (non-hydrogen) atoms. The van der Waals surface area contributed by atoms with Gasteiger partial charge in [0.1, 0.15) is 4.90 Å². The van der Waals surface area contributed by atoms with E-state index in [1.165, 1.54) is 23.5 Å². The summed E-state index contributed by atoms with van der Waals surface area (Å²) in [5.41, 5.74) is 0.335. The van der Waals surface area contributed by atoms with Gasteiger partial charge >= 0.3 is 0 Å². The second-order valence-electron chi connectivity index (χ2n) is 4.87. The van der Waals surface area contributed by atoms with Crippen molar-refractivity contribution in [3.05, 3.63) is 27.7 Å². The second kappa shape index (κ2) is 6.81. The molecular weight excluding hydrogens is 337 g/mol. The Labute approximate surface area is 134 Å². The summed E-state index contributed by atoms with van der Waals surface area (Å²) in [6.45, 7) is 0.241. The lowest BCUT2D eigenvalue weighted by Gasteiger charge is -2.22. The molecule has 0 atom stereocenters. The van der Waals surface area contributed by atoms with Crippen LogP contribution in [0.1, 0.15) is 18.4 Å². The van der Waals surface area contributed by atoms with Crippen molar-refractivity contribution in [2.45, 2.75) is 30.4 Å². The van der Waals surface area contributed by atoms with Crippen LogP contribution in [0.3, 0.4) is 0 Å². The van der Waals surface area contributed by atoms with Crippen LogP contribution in [0.5, 0.6) is 0 Å². The number of hydrogen-bond donors (Lipinski definition) is 1. The Morgan fingerprint density at radius 1 is 1.33 bits per heavy atom. The Bertz CT molecular complexity index is 617. The lowest BCUT2D eigenvalue weighted by atomic mass is 10.2. The molecule has 1 saturated carbocycles. The molecule has 118 valence electrons. The zero-order valence-corrected chi connectivity index (χ0v) is 13.9. The fourth-order valence-corrected chi connectivity index (χ4v) is 4.56. The zero-order chi connectivity index (χ0) is 15.6. The van der Waals surface area contributed by atoms with Crippen LogP contribution in [0.4, 0.5) is 0 Å². The lowest BCUT2D eigenvalue weighted by Crippen LogP contribution is -2.36. The fraction of sp³-hybridized carbons (Fsp3) is 0.538. The van der Waals surface area contributed by atoms with Crippen molar-refractivity contribution in [2.75, 3.05) is 20.3 Å². The number of aliphatic hydroxyl groups is 1. The molecule has 1 aromatic rings. The minimum Gasteiger partial charge on any atom is -0.392 e. The Balaban J connectivity index is 2.41.